The third-order valence-corrected chi connectivity index (χ3v) is 3.52. The van der Waals surface area contributed by atoms with Crippen LogP contribution in [-0.2, 0) is 0 Å². The van der Waals surface area contributed by atoms with Crippen LogP contribution in [0, 0.1) is 0 Å². The van der Waals surface area contributed by atoms with Gasteiger partial charge in [0.1, 0.15) is 0 Å². The van der Waals surface area contributed by atoms with Gasteiger partial charge in [0, 0.05) is 23.6 Å². The van der Waals surface area contributed by atoms with Crippen LogP contribution in [0.2, 0.25) is 0 Å². The van der Waals surface area contributed by atoms with E-state index < -0.39 is 6.36 Å². The highest BCUT2D eigenvalue weighted by Gasteiger charge is 2.33. The Morgan fingerprint density at radius 3 is 2.47 bits per heavy atom. The van der Waals surface area contributed by atoms with Gasteiger partial charge in [0.15, 0.2) is 5.75 Å². The minimum Gasteiger partial charge on any atom is -0.404 e. The highest BCUT2D eigenvalue weighted by Crippen LogP contribution is 2.36. The highest BCUT2D eigenvalue weighted by molar-refractivity contribution is 9.10. The molecule has 1 heterocycles. The van der Waals surface area contributed by atoms with Crippen molar-refractivity contribution in [1.29, 1.82) is 0 Å². The lowest BCUT2D eigenvalue weighted by atomic mass is 10.1. The predicted octanol–water partition coefficient (Wildman–Crippen LogP) is 3.28. The van der Waals surface area contributed by atoms with Crippen LogP contribution in [-0.4, -0.2) is 25.5 Å². The lowest BCUT2D eigenvalue weighted by Gasteiger charge is -2.33. The largest absolute Gasteiger partial charge is 0.573 e. The van der Waals surface area contributed by atoms with E-state index in [4.69, 9.17) is 5.73 Å². The smallest absolute Gasteiger partial charge is 0.404 e. The SMILES string of the molecule is NC1CCN(c2ccc(Br)cc2OC(F)(F)F)CC1. The summed E-state index contributed by atoms with van der Waals surface area (Å²) in [4.78, 5) is 1.87. The first-order valence-electron chi connectivity index (χ1n) is 5.91. The molecular weight excluding hydrogens is 325 g/mol. The summed E-state index contributed by atoms with van der Waals surface area (Å²) in [5.41, 5.74) is 6.24. The number of piperidine rings is 1. The lowest BCUT2D eigenvalue weighted by Crippen LogP contribution is -2.40. The average molecular weight is 339 g/mol. The molecule has 106 valence electrons. The molecule has 2 rings (SSSR count). The van der Waals surface area contributed by atoms with Gasteiger partial charge in [-0.1, -0.05) is 15.9 Å². The van der Waals surface area contributed by atoms with Crippen LogP contribution in [0.3, 0.4) is 0 Å². The molecule has 0 bridgehead atoms. The van der Waals surface area contributed by atoms with Crippen molar-refractivity contribution in [3.05, 3.63) is 22.7 Å². The quantitative estimate of drug-likeness (QED) is 0.899. The van der Waals surface area contributed by atoms with Crippen LogP contribution in [0.25, 0.3) is 0 Å². The van der Waals surface area contributed by atoms with Crippen molar-refractivity contribution in [3.63, 3.8) is 0 Å². The van der Waals surface area contributed by atoms with Crippen LogP contribution in [0.1, 0.15) is 12.8 Å². The Balaban J connectivity index is 2.24. The summed E-state index contributed by atoms with van der Waals surface area (Å²) < 4.78 is 41.9. The van der Waals surface area contributed by atoms with Crippen molar-refractivity contribution >= 4 is 21.6 Å². The number of nitrogens with zero attached hydrogens (tertiary/aromatic N) is 1. The molecule has 7 heteroatoms. The summed E-state index contributed by atoms with van der Waals surface area (Å²) in [6.45, 7) is 1.27. The second-order valence-corrected chi connectivity index (χ2v) is 5.40. The number of benzene rings is 1. The first-order valence-corrected chi connectivity index (χ1v) is 6.70. The molecule has 0 amide bonds. The molecular formula is C12H14BrF3N2O. The average Bonchev–Trinajstić information content (AvgIpc) is 2.29. The van der Waals surface area contributed by atoms with Gasteiger partial charge >= 0.3 is 6.36 Å². The molecule has 0 saturated carbocycles. The summed E-state index contributed by atoms with van der Waals surface area (Å²) in [5, 5.41) is 0. The van der Waals surface area contributed by atoms with E-state index in [-0.39, 0.29) is 11.8 Å². The molecule has 0 radical (unpaired) electrons. The molecule has 1 aromatic carbocycles. The van der Waals surface area contributed by atoms with Gasteiger partial charge in [0.25, 0.3) is 0 Å². The molecule has 1 aliphatic heterocycles. The van der Waals surface area contributed by atoms with E-state index >= 15 is 0 Å². The number of nitrogens with two attached hydrogens (primary N) is 1. The summed E-state index contributed by atoms with van der Waals surface area (Å²) >= 11 is 3.15. The molecule has 3 nitrogen and oxygen atoms in total. The van der Waals surface area contributed by atoms with Gasteiger partial charge in [-0.05, 0) is 31.0 Å². The first kappa shape index (κ1) is 14.5. The van der Waals surface area contributed by atoms with E-state index in [1.807, 2.05) is 4.90 Å². The standard InChI is InChI=1S/C12H14BrF3N2O/c13-8-1-2-10(11(7-8)19-12(14,15)16)18-5-3-9(17)4-6-18/h1-2,7,9H,3-6,17H2. The molecule has 19 heavy (non-hydrogen) atoms. The zero-order valence-electron chi connectivity index (χ0n) is 10.1. The molecule has 1 fully saturated rings. The molecule has 0 spiro atoms. The highest BCUT2D eigenvalue weighted by atomic mass is 79.9. The van der Waals surface area contributed by atoms with E-state index in [0.717, 1.165) is 12.8 Å². The van der Waals surface area contributed by atoms with E-state index in [1.165, 1.54) is 6.07 Å². The zero-order valence-corrected chi connectivity index (χ0v) is 11.7. The van der Waals surface area contributed by atoms with Crippen molar-refractivity contribution < 1.29 is 17.9 Å². The van der Waals surface area contributed by atoms with Crippen LogP contribution in [0.5, 0.6) is 5.75 Å². The number of hydrogen-bond acceptors (Lipinski definition) is 3. The van der Waals surface area contributed by atoms with Crippen molar-refractivity contribution in [2.75, 3.05) is 18.0 Å². The molecule has 0 atom stereocenters. The van der Waals surface area contributed by atoms with Crippen molar-refractivity contribution in [2.24, 2.45) is 5.73 Å². The second-order valence-electron chi connectivity index (χ2n) is 4.48. The molecule has 1 aliphatic rings. The number of ether oxygens (including phenoxy) is 1. The van der Waals surface area contributed by atoms with Gasteiger partial charge in [-0.2, -0.15) is 0 Å². The fourth-order valence-corrected chi connectivity index (χ4v) is 2.44. The Kier molecular flexibility index (Phi) is 4.25. The Morgan fingerprint density at radius 2 is 1.89 bits per heavy atom. The summed E-state index contributed by atoms with van der Waals surface area (Å²) in [6.07, 6.45) is -3.16. The molecule has 2 N–H and O–H groups in total. The maximum atomic E-state index is 12.4. The Morgan fingerprint density at radius 1 is 1.26 bits per heavy atom. The lowest BCUT2D eigenvalue weighted by molar-refractivity contribution is -0.274. The monoisotopic (exact) mass is 338 g/mol. The fourth-order valence-electron chi connectivity index (χ4n) is 2.10. The van der Waals surface area contributed by atoms with E-state index in [9.17, 15) is 13.2 Å². The minimum absolute atomic E-state index is 0.124. The first-order chi connectivity index (χ1) is 8.85. The van der Waals surface area contributed by atoms with Gasteiger partial charge in [0.05, 0.1) is 5.69 Å². The van der Waals surface area contributed by atoms with Crippen LogP contribution in [0.15, 0.2) is 22.7 Å². The van der Waals surface area contributed by atoms with Gasteiger partial charge in [-0.3, -0.25) is 0 Å². The van der Waals surface area contributed by atoms with Crippen molar-refractivity contribution in [3.8, 4) is 5.75 Å². The Bertz CT molecular complexity index is 445. The summed E-state index contributed by atoms with van der Waals surface area (Å²) in [5.74, 6) is -0.183. The fraction of sp³-hybridized carbons (Fsp3) is 0.500. The van der Waals surface area contributed by atoms with Gasteiger partial charge in [0.2, 0.25) is 0 Å². The summed E-state index contributed by atoms with van der Waals surface area (Å²) in [7, 11) is 0. The number of hydrogen-bond donors (Lipinski definition) is 1. The number of anilines is 1. The van der Waals surface area contributed by atoms with E-state index in [1.54, 1.807) is 12.1 Å². The van der Waals surface area contributed by atoms with Gasteiger partial charge in [-0.25, -0.2) is 0 Å². The van der Waals surface area contributed by atoms with Crippen molar-refractivity contribution in [1.82, 2.24) is 0 Å². The third kappa shape index (κ3) is 4.01. The number of rotatable bonds is 2. The van der Waals surface area contributed by atoms with Crippen molar-refractivity contribution in [2.45, 2.75) is 25.2 Å². The molecule has 1 aromatic rings. The Hall–Kier alpha value is -0.950. The number of alkyl halides is 3. The summed E-state index contributed by atoms with van der Waals surface area (Å²) in [6, 6.07) is 4.78. The predicted molar refractivity (Wildman–Crippen MR) is 70.2 cm³/mol. The molecule has 0 unspecified atom stereocenters. The topological polar surface area (TPSA) is 38.5 Å². The second kappa shape index (κ2) is 5.58. The normalized spacial score (nSPS) is 17.6. The van der Waals surface area contributed by atoms with Gasteiger partial charge in [-0.15, -0.1) is 13.2 Å². The van der Waals surface area contributed by atoms with Gasteiger partial charge < -0.3 is 15.4 Å². The van der Waals surface area contributed by atoms with Crippen LogP contribution >= 0.6 is 15.9 Å². The third-order valence-electron chi connectivity index (χ3n) is 3.03. The number of halogens is 4. The molecule has 0 aliphatic carbocycles. The van der Waals surface area contributed by atoms with E-state index in [2.05, 4.69) is 20.7 Å². The maximum Gasteiger partial charge on any atom is 0.573 e. The van der Waals surface area contributed by atoms with E-state index in [0.29, 0.717) is 23.2 Å². The maximum absolute atomic E-state index is 12.4. The Labute approximate surface area is 117 Å². The molecule has 1 saturated heterocycles. The van der Waals surface area contributed by atoms with Crippen LogP contribution < -0.4 is 15.4 Å². The molecule has 0 aromatic heterocycles. The zero-order chi connectivity index (χ0) is 14.0. The van der Waals surface area contributed by atoms with Crippen LogP contribution in [0.4, 0.5) is 18.9 Å². The minimum atomic E-state index is -4.69.